The van der Waals surface area contributed by atoms with E-state index in [1.54, 1.807) is 7.11 Å². The number of nitrogens with two attached hydrogens (primary N) is 1. The second-order valence-electron chi connectivity index (χ2n) is 5.49. The van der Waals surface area contributed by atoms with Crippen LogP contribution < -0.4 is 15.8 Å². The van der Waals surface area contributed by atoms with Gasteiger partial charge in [-0.3, -0.25) is 4.79 Å². The Kier molecular flexibility index (Phi) is 4.28. The molecule has 2 rings (SSSR count). The molecule has 1 fully saturated rings. The van der Waals surface area contributed by atoms with Gasteiger partial charge in [0.25, 0.3) is 0 Å². The Balaban J connectivity index is 1.95. The fourth-order valence-electron chi connectivity index (χ4n) is 2.72. The van der Waals surface area contributed by atoms with E-state index < -0.39 is 5.41 Å². The third kappa shape index (κ3) is 2.77. The lowest BCUT2D eigenvalue weighted by Gasteiger charge is -2.44. The Labute approximate surface area is 124 Å². The van der Waals surface area contributed by atoms with Gasteiger partial charge in [0.15, 0.2) is 0 Å². The van der Waals surface area contributed by atoms with Crippen LogP contribution in [0.25, 0.3) is 0 Å². The molecule has 108 valence electrons. The number of benzene rings is 1. The van der Waals surface area contributed by atoms with E-state index in [0.717, 1.165) is 24.2 Å². The molecule has 0 aliphatic heterocycles. The van der Waals surface area contributed by atoms with E-state index in [1.807, 2.05) is 24.3 Å². The minimum atomic E-state index is -0.638. The maximum atomic E-state index is 12.3. The maximum absolute atomic E-state index is 12.3. The van der Waals surface area contributed by atoms with E-state index in [1.165, 1.54) is 0 Å². The first-order valence-electron chi connectivity index (χ1n) is 6.69. The van der Waals surface area contributed by atoms with Gasteiger partial charge in [0, 0.05) is 6.54 Å². The molecule has 0 aromatic heterocycles. The van der Waals surface area contributed by atoms with E-state index in [4.69, 9.17) is 22.7 Å². The van der Waals surface area contributed by atoms with Crippen LogP contribution in [0.2, 0.25) is 0 Å². The molecule has 1 aromatic rings. The highest BCUT2D eigenvalue weighted by molar-refractivity contribution is 7.80. The molecule has 1 aromatic carbocycles. The summed E-state index contributed by atoms with van der Waals surface area (Å²) in [6, 6.07) is 7.60. The zero-order chi connectivity index (χ0) is 14.8. The molecule has 4 nitrogen and oxygen atoms in total. The van der Waals surface area contributed by atoms with Crippen LogP contribution in [0.1, 0.15) is 25.3 Å². The predicted octanol–water partition coefficient (Wildman–Crippen LogP) is 2.01. The summed E-state index contributed by atoms with van der Waals surface area (Å²) in [5.74, 6) is 1.25. The largest absolute Gasteiger partial charge is 0.497 e. The molecular weight excluding hydrogens is 272 g/mol. The summed E-state index contributed by atoms with van der Waals surface area (Å²) in [6.07, 6.45) is 1.49. The number of rotatable bonds is 5. The van der Waals surface area contributed by atoms with Crippen molar-refractivity contribution < 1.29 is 9.53 Å². The van der Waals surface area contributed by atoms with Crippen LogP contribution in [0.4, 0.5) is 0 Å². The van der Waals surface area contributed by atoms with Gasteiger partial charge >= 0.3 is 0 Å². The van der Waals surface area contributed by atoms with Crippen molar-refractivity contribution in [2.24, 2.45) is 17.1 Å². The van der Waals surface area contributed by atoms with Gasteiger partial charge in [-0.15, -0.1) is 0 Å². The van der Waals surface area contributed by atoms with Crippen molar-refractivity contribution in [2.75, 3.05) is 7.11 Å². The third-order valence-electron chi connectivity index (χ3n) is 3.91. The topological polar surface area (TPSA) is 64.3 Å². The molecular formula is C15H20N2O2S. The summed E-state index contributed by atoms with van der Waals surface area (Å²) >= 11 is 5.07. The molecule has 0 bridgehead atoms. The molecule has 0 heterocycles. The average Bonchev–Trinajstić information content (AvgIpc) is 2.41. The number of amides is 1. The Morgan fingerprint density at radius 3 is 2.50 bits per heavy atom. The van der Waals surface area contributed by atoms with Crippen molar-refractivity contribution in [2.45, 2.75) is 26.3 Å². The monoisotopic (exact) mass is 292 g/mol. The van der Waals surface area contributed by atoms with Gasteiger partial charge < -0.3 is 15.8 Å². The van der Waals surface area contributed by atoms with Crippen LogP contribution in [0.15, 0.2) is 24.3 Å². The Morgan fingerprint density at radius 2 is 2.05 bits per heavy atom. The van der Waals surface area contributed by atoms with Gasteiger partial charge in [0.05, 0.1) is 17.5 Å². The van der Waals surface area contributed by atoms with Crippen LogP contribution in [0.5, 0.6) is 5.75 Å². The van der Waals surface area contributed by atoms with Gasteiger partial charge in [0.2, 0.25) is 5.91 Å². The summed E-state index contributed by atoms with van der Waals surface area (Å²) in [7, 11) is 1.63. The zero-order valence-corrected chi connectivity index (χ0v) is 12.6. The number of hydrogen-bond acceptors (Lipinski definition) is 3. The number of methoxy groups -OCH3 is 1. The van der Waals surface area contributed by atoms with Gasteiger partial charge in [-0.2, -0.15) is 0 Å². The van der Waals surface area contributed by atoms with Crippen LogP contribution in [-0.4, -0.2) is 18.0 Å². The lowest BCUT2D eigenvalue weighted by atomic mass is 9.62. The zero-order valence-electron chi connectivity index (χ0n) is 11.8. The SMILES string of the molecule is COc1ccc(CNC(=O)C2(C(N)=S)CC(C)C2)cc1. The smallest absolute Gasteiger partial charge is 0.233 e. The molecule has 0 unspecified atom stereocenters. The second kappa shape index (κ2) is 5.79. The number of thiocarbonyl (C=S) groups is 1. The standard InChI is InChI=1S/C15H20N2O2S/c1-10-7-15(8-10,13(16)20)14(18)17-9-11-3-5-12(19-2)6-4-11/h3-6,10H,7-9H2,1-2H3,(H2,16,20)(H,17,18). The highest BCUT2D eigenvalue weighted by atomic mass is 32.1. The molecule has 3 N–H and O–H groups in total. The van der Waals surface area contributed by atoms with Gasteiger partial charge in [0.1, 0.15) is 5.75 Å². The minimum absolute atomic E-state index is 0.0566. The van der Waals surface area contributed by atoms with Gasteiger partial charge in [-0.05, 0) is 36.5 Å². The van der Waals surface area contributed by atoms with Gasteiger partial charge in [-0.1, -0.05) is 31.3 Å². The van der Waals surface area contributed by atoms with Crippen molar-refractivity contribution in [3.8, 4) is 5.75 Å². The van der Waals surface area contributed by atoms with Crippen molar-refractivity contribution in [3.05, 3.63) is 29.8 Å². The predicted molar refractivity (Wildman–Crippen MR) is 82.5 cm³/mol. The summed E-state index contributed by atoms with van der Waals surface area (Å²) in [6.45, 7) is 2.58. The molecule has 1 aliphatic rings. The number of carbonyl (C=O) groups is 1. The van der Waals surface area contributed by atoms with Crippen LogP contribution in [-0.2, 0) is 11.3 Å². The van der Waals surface area contributed by atoms with Crippen molar-refractivity contribution in [1.29, 1.82) is 0 Å². The fraction of sp³-hybridized carbons (Fsp3) is 0.467. The molecule has 0 saturated heterocycles. The first kappa shape index (κ1) is 14.8. The lowest BCUT2D eigenvalue weighted by molar-refractivity contribution is -0.133. The van der Waals surface area contributed by atoms with Crippen LogP contribution in [0, 0.1) is 11.3 Å². The van der Waals surface area contributed by atoms with E-state index in [-0.39, 0.29) is 5.91 Å². The van der Waals surface area contributed by atoms with E-state index in [9.17, 15) is 4.79 Å². The molecule has 0 radical (unpaired) electrons. The fourth-order valence-corrected chi connectivity index (χ4v) is 2.98. The number of hydrogen-bond donors (Lipinski definition) is 2. The van der Waals surface area contributed by atoms with Crippen LogP contribution in [0.3, 0.4) is 0 Å². The summed E-state index contributed by atoms with van der Waals surface area (Å²) in [5.41, 5.74) is 6.14. The molecule has 5 heteroatoms. The van der Waals surface area contributed by atoms with Crippen molar-refractivity contribution in [1.82, 2.24) is 5.32 Å². The van der Waals surface area contributed by atoms with Crippen molar-refractivity contribution >= 4 is 23.1 Å². The lowest BCUT2D eigenvalue weighted by Crippen LogP contribution is -2.55. The molecule has 0 atom stereocenters. The molecule has 1 aliphatic carbocycles. The summed E-state index contributed by atoms with van der Waals surface area (Å²) in [4.78, 5) is 12.6. The quantitative estimate of drug-likeness (QED) is 0.815. The minimum Gasteiger partial charge on any atom is -0.497 e. The van der Waals surface area contributed by atoms with Crippen LogP contribution >= 0.6 is 12.2 Å². The molecule has 1 amide bonds. The highest BCUT2D eigenvalue weighted by Crippen LogP contribution is 2.45. The van der Waals surface area contributed by atoms with Gasteiger partial charge in [-0.25, -0.2) is 0 Å². The summed E-state index contributed by atoms with van der Waals surface area (Å²) in [5, 5.41) is 2.93. The maximum Gasteiger partial charge on any atom is 0.233 e. The van der Waals surface area contributed by atoms with E-state index in [2.05, 4.69) is 12.2 Å². The molecule has 0 spiro atoms. The number of ether oxygens (including phenoxy) is 1. The third-order valence-corrected chi connectivity index (χ3v) is 4.30. The Hall–Kier alpha value is -1.62. The number of nitrogens with one attached hydrogen (secondary N) is 1. The van der Waals surface area contributed by atoms with Crippen molar-refractivity contribution in [3.63, 3.8) is 0 Å². The summed E-state index contributed by atoms with van der Waals surface area (Å²) < 4.78 is 5.10. The van der Waals surface area contributed by atoms with E-state index >= 15 is 0 Å². The normalized spacial score (nSPS) is 24.6. The Morgan fingerprint density at radius 1 is 1.45 bits per heavy atom. The molecule has 1 saturated carbocycles. The van der Waals surface area contributed by atoms with E-state index in [0.29, 0.717) is 17.5 Å². The first-order valence-corrected chi connectivity index (χ1v) is 7.10. The second-order valence-corrected chi connectivity index (χ2v) is 5.93. The Bertz CT molecular complexity index is 507. The average molecular weight is 292 g/mol. The number of carbonyl (C=O) groups excluding carboxylic acids is 1. The highest BCUT2D eigenvalue weighted by Gasteiger charge is 2.50. The first-order chi connectivity index (χ1) is 9.48. The molecule has 20 heavy (non-hydrogen) atoms.